The van der Waals surface area contributed by atoms with Crippen LogP contribution in [0, 0.1) is 0 Å². The van der Waals surface area contributed by atoms with E-state index in [1.807, 2.05) is 0 Å². The lowest BCUT2D eigenvalue weighted by molar-refractivity contribution is 0.538. The molecule has 0 saturated heterocycles. The van der Waals surface area contributed by atoms with E-state index < -0.39 is 0 Å². The van der Waals surface area contributed by atoms with Crippen LogP contribution in [0.25, 0.3) is 54.1 Å². The van der Waals surface area contributed by atoms with E-state index in [0.29, 0.717) is 0 Å². The number of aryl methyl sites for hydroxylation is 2. The second-order valence-electron chi connectivity index (χ2n) is 12.3. The van der Waals surface area contributed by atoms with Crippen molar-refractivity contribution in [3.63, 3.8) is 0 Å². The largest absolute Gasteiger partial charge is 0.347 e. The van der Waals surface area contributed by atoms with E-state index in [-0.39, 0.29) is 0 Å². The van der Waals surface area contributed by atoms with Crippen LogP contribution in [-0.4, -0.2) is 9.13 Å². The Labute approximate surface area is 246 Å². The highest BCUT2D eigenvalue weighted by molar-refractivity contribution is 6.24. The molecule has 0 bridgehead atoms. The zero-order valence-corrected chi connectivity index (χ0v) is 25.4. The van der Waals surface area contributed by atoms with Crippen LogP contribution >= 0.6 is 0 Å². The number of rotatable bonds is 15. The van der Waals surface area contributed by atoms with Gasteiger partial charge >= 0.3 is 0 Å². The lowest BCUT2D eigenvalue weighted by Gasteiger charge is -2.11. The van der Waals surface area contributed by atoms with Gasteiger partial charge in [0.1, 0.15) is 0 Å². The average Bonchev–Trinajstić information content (AvgIpc) is 3.62. The van der Waals surface area contributed by atoms with Crippen LogP contribution < -0.4 is 0 Å². The third-order valence-corrected chi connectivity index (χ3v) is 9.45. The summed E-state index contributed by atoms with van der Waals surface area (Å²) in [6.45, 7) is 6.80. The number of fused-ring (bicyclic) bond motifs is 9. The summed E-state index contributed by atoms with van der Waals surface area (Å²) in [7, 11) is 0. The zero-order chi connectivity index (χ0) is 28.0. The van der Waals surface area contributed by atoms with Crippen LogP contribution in [-0.2, 0) is 13.1 Å². The molecule has 6 rings (SSSR count). The van der Waals surface area contributed by atoms with Gasteiger partial charge in [-0.15, -0.1) is 0 Å². The molecule has 2 heteroatoms. The second-order valence-corrected chi connectivity index (χ2v) is 12.3. The Kier molecular flexibility index (Phi) is 8.94. The molecule has 0 atom stereocenters. The highest BCUT2D eigenvalue weighted by Gasteiger charge is 2.12. The molecule has 0 aliphatic carbocycles. The summed E-state index contributed by atoms with van der Waals surface area (Å²) in [4.78, 5) is 0. The molecular formula is C39H48N2. The van der Waals surface area contributed by atoms with Gasteiger partial charge in [-0.25, -0.2) is 0 Å². The maximum Gasteiger partial charge on any atom is 0.0486 e. The maximum atomic E-state index is 2.48. The van der Waals surface area contributed by atoms with Crippen molar-refractivity contribution in [1.29, 1.82) is 0 Å². The molecule has 0 saturated carbocycles. The molecule has 4 aromatic carbocycles. The maximum absolute atomic E-state index is 2.48. The fourth-order valence-corrected chi connectivity index (χ4v) is 7.09. The van der Waals surface area contributed by atoms with E-state index >= 15 is 0 Å². The summed E-state index contributed by atoms with van der Waals surface area (Å²) in [6, 6.07) is 23.5. The topological polar surface area (TPSA) is 9.86 Å². The first kappa shape index (κ1) is 27.9. The Hall–Kier alpha value is -3.26. The predicted octanol–water partition coefficient (Wildman–Crippen LogP) is 12.2. The van der Waals surface area contributed by atoms with Crippen LogP contribution in [0.15, 0.2) is 73.1 Å². The van der Waals surface area contributed by atoms with Gasteiger partial charge in [0.2, 0.25) is 0 Å². The van der Waals surface area contributed by atoms with Gasteiger partial charge < -0.3 is 9.13 Å². The van der Waals surface area contributed by atoms with Gasteiger partial charge in [0.15, 0.2) is 0 Å². The normalized spacial score (nSPS) is 12.1. The Morgan fingerprint density at radius 1 is 0.341 bits per heavy atom. The summed E-state index contributed by atoms with van der Waals surface area (Å²) >= 11 is 0. The summed E-state index contributed by atoms with van der Waals surface area (Å²) in [6.07, 6.45) is 22.2. The van der Waals surface area contributed by atoms with Crippen LogP contribution in [0.4, 0.5) is 0 Å². The van der Waals surface area contributed by atoms with Gasteiger partial charge in [0.05, 0.1) is 0 Å². The van der Waals surface area contributed by atoms with Gasteiger partial charge in [0.25, 0.3) is 0 Å². The van der Waals surface area contributed by atoms with E-state index in [1.165, 1.54) is 138 Å². The van der Waals surface area contributed by atoms with E-state index in [9.17, 15) is 0 Å². The molecular weight excluding hydrogens is 496 g/mol. The first-order valence-electron chi connectivity index (χ1n) is 16.6. The molecule has 0 spiro atoms. The first-order chi connectivity index (χ1) is 20.3. The lowest BCUT2D eigenvalue weighted by Crippen LogP contribution is -1.96. The Morgan fingerprint density at radius 3 is 1.10 bits per heavy atom. The predicted molar refractivity (Wildman–Crippen MR) is 181 cm³/mol. The lowest BCUT2D eigenvalue weighted by atomic mass is 9.94. The summed E-state index contributed by atoms with van der Waals surface area (Å²) in [5.74, 6) is 0. The Balaban J connectivity index is 1.19. The third kappa shape index (κ3) is 5.76. The highest BCUT2D eigenvalue weighted by Crippen LogP contribution is 2.37. The smallest absolute Gasteiger partial charge is 0.0486 e. The molecule has 0 aliphatic heterocycles. The monoisotopic (exact) mass is 544 g/mol. The number of nitrogens with zero attached hydrogens (tertiary/aromatic N) is 2. The van der Waals surface area contributed by atoms with Crippen molar-refractivity contribution in [3.8, 4) is 0 Å². The van der Waals surface area contributed by atoms with Crippen LogP contribution in [0.2, 0.25) is 0 Å². The van der Waals surface area contributed by atoms with Crippen molar-refractivity contribution in [2.45, 2.75) is 110 Å². The highest BCUT2D eigenvalue weighted by atomic mass is 15.0. The SMILES string of the molecule is CCCCCCCCCCCCn1ccc2c3ccc4c(ccc5c4ccc4c5ccn4CCCCC)c3ccc21. The van der Waals surface area contributed by atoms with Crippen LogP contribution in [0.3, 0.4) is 0 Å². The van der Waals surface area contributed by atoms with E-state index in [0.717, 1.165) is 13.1 Å². The molecule has 0 radical (unpaired) electrons. The fourth-order valence-electron chi connectivity index (χ4n) is 7.09. The van der Waals surface area contributed by atoms with Gasteiger partial charge in [-0.3, -0.25) is 0 Å². The number of hydrogen-bond donors (Lipinski definition) is 0. The zero-order valence-electron chi connectivity index (χ0n) is 25.4. The molecule has 0 N–H and O–H groups in total. The quantitative estimate of drug-likeness (QED) is 0.0898. The number of benzene rings is 4. The number of unbranched alkanes of at least 4 members (excludes halogenated alkanes) is 11. The van der Waals surface area contributed by atoms with Crippen molar-refractivity contribution < 1.29 is 0 Å². The molecule has 0 fully saturated rings. The Bertz CT molecular complexity index is 1750. The average molecular weight is 545 g/mol. The van der Waals surface area contributed by atoms with Crippen molar-refractivity contribution in [2.24, 2.45) is 0 Å². The van der Waals surface area contributed by atoms with Gasteiger partial charge in [-0.05, 0) is 69.4 Å². The van der Waals surface area contributed by atoms with Crippen molar-refractivity contribution in [1.82, 2.24) is 9.13 Å². The third-order valence-electron chi connectivity index (χ3n) is 9.45. The minimum absolute atomic E-state index is 1.11. The molecule has 214 valence electrons. The summed E-state index contributed by atoms with van der Waals surface area (Å²) < 4.78 is 4.91. The minimum Gasteiger partial charge on any atom is -0.347 e. The fraction of sp³-hybridized carbons (Fsp3) is 0.436. The van der Waals surface area contributed by atoms with Crippen molar-refractivity contribution in [3.05, 3.63) is 73.1 Å². The standard InChI is InChI=1S/C39H48N2/c1-3-5-7-8-9-10-11-12-13-15-27-41-29-25-37-35-19-17-30-31(33(35)21-23-39(37)41)16-18-34-32(30)20-22-38-36(34)24-28-40(38)26-14-6-4-2/h16-25,28-29H,3-15,26-27H2,1-2H3. The molecule has 6 aromatic rings. The van der Waals surface area contributed by atoms with Gasteiger partial charge in [-0.1, -0.05) is 121 Å². The number of aromatic nitrogens is 2. The van der Waals surface area contributed by atoms with Crippen LogP contribution in [0.1, 0.15) is 97.3 Å². The van der Waals surface area contributed by atoms with Crippen molar-refractivity contribution >= 4 is 54.1 Å². The minimum atomic E-state index is 1.11. The molecule has 0 aliphatic rings. The van der Waals surface area contributed by atoms with Crippen molar-refractivity contribution in [2.75, 3.05) is 0 Å². The first-order valence-corrected chi connectivity index (χ1v) is 16.6. The number of hydrogen-bond acceptors (Lipinski definition) is 0. The molecule has 0 amide bonds. The van der Waals surface area contributed by atoms with Gasteiger partial charge in [-0.2, -0.15) is 0 Å². The summed E-state index contributed by atoms with van der Waals surface area (Å²) in [5.41, 5.74) is 2.74. The molecule has 2 aromatic heterocycles. The molecule has 2 nitrogen and oxygen atoms in total. The molecule has 0 unspecified atom stereocenters. The van der Waals surface area contributed by atoms with E-state index in [1.54, 1.807) is 0 Å². The Morgan fingerprint density at radius 2 is 0.659 bits per heavy atom. The summed E-state index contributed by atoms with van der Waals surface area (Å²) in [5, 5.41) is 11.0. The molecule has 2 heterocycles. The second kappa shape index (κ2) is 13.1. The van der Waals surface area contributed by atoms with E-state index in [2.05, 4.69) is 96.0 Å². The molecule has 41 heavy (non-hydrogen) atoms. The van der Waals surface area contributed by atoms with E-state index in [4.69, 9.17) is 0 Å². The van der Waals surface area contributed by atoms with Crippen LogP contribution in [0.5, 0.6) is 0 Å². The van der Waals surface area contributed by atoms with Gasteiger partial charge in [0, 0.05) is 47.3 Å².